The summed E-state index contributed by atoms with van der Waals surface area (Å²) in [7, 11) is 0. The van der Waals surface area contributed by atoms with Crippen molar-refractivity contribution in [3.8, 4) is 0 Å². The van der Waals surface area contributed by atoms with Gasteiger partial charge < -0.3 is 4.74 Å². The molecule has 0 aliphatic carbocycles. The Morgan fingerprint density at radius 1 is 0.828 bits per heavy atom. The van der Waals surface area contributed by atoms with Gasteiger partial charge in [0.2, 0.25) is 0 Å². The number of morpholine rings is 1. The monoisotopic (exact) mass is 424 g/mol. The summed E-state index contributed by atoms with van der Waals surface area (Å²) in [6.45, 7) is 8.31. The fourth-order valence-electron chi connectivity index (χ4n) is 4.53. The van der Waals surface area contributed by atoms with Gasteiger partial charge in [-0.3, -0.25) is 0 Å². The molecular formula is C25H45ClN2O. The maximum absolute atomic E-state index is 5.56. The van der Waals surface area contributed by atoms with Crippen LogP contribution in [0.2, 0.25) is 0 Å². The van der Waals surface area contributed by atoms with E-state index in [2.05, 4.69) is 54.6 Å². The van der Waals surface area contributed by atoms with E-state index in [1.807, 2.05) is 0 Å². The van der Waals surface area contributed by atoms with Crippen LogP contribution < -0.4 is 5.43 Å². The van der Waals surface area contributed by atoms with E-state index in [-0.39, 0.29) is 17.9 Å². The Hall–Kier alpha value is -0.610. The number of rotatable bonds is 15. The minimum atomic E-state index is 0. The third kappa shape index (κ3) is 10.8. The molecule has 1 N–H and O–H groups in total. The van der Waals surface area contributed by atoms with Crippen LogP contribution in [0.15, 0.2) is 30.3 Å². The van der Waals surface area contributed by atoms with Crippen LogP contribution >= 0.6 is 12.4 Å². The number of hydrazine groups is 1. The van der Waals surface area contributed by atoms with Crippen molar-refractivity contribution in [2.45, 2.75) is 96.4 Å². The summed E-state index contributed by atoms with van der Waals surface area (Å²) in [5, 5.41) is 2.42. The van der Waals surface area contributed by atoms with Gasteiger partial charge in [0.05, 0.1) is 13.2 Å². The molecule has 1 heterocycles. The van der Waals surface area contributed by atoms with E-state index in [0.29, 0.717) is 0 Å². The Morgan fingerprint density at radius 2 is 1.45 bits per heavy atom. The maximum atomic E-state index is 5.56. The second kappa shape index (κ2) is 16.1. The van der Waals surface area contributed by atoms with Gasteiger partial charge in [-0.25, -0.2) is 10.4 Å². The Labute approximate surface area is 186 Å². The van der Waals surface area contributed by atoms with Gasteiger partial charge in [-0.15, -0.1) is 12.4 Å². The first-order valence-electron chi connectivity index (χ1n) is 11.9. The van der Waals surface area contributed by atoms with Gasteiger partial charge in [-0.2, -0.15) is 0 Å². The van der Waals surface area contributed by atoms with Crippen molar-refractivity contribution < 1.29 is 4.74 Å². The zero-order chi connectivity index (χ0) is 19.9. The average molecular weight is 425 g/mol. The maximum Gasteiger partial charge on any atom is 0.0608 e. The van der Waals surface area contributed by atoms with Crippen LogP contribution in [0.5, 0.6) is 0 Å². The fraction of sp³-hybridized carbons (Fsp3) is 0.760. The van der Waals surface area contributed by atoms with E-state index in [1.165, 1.54) is 76.2 Å². The van der Waals surface area contributed by atoms with Gasteiger partial charge in [0.15, 0.2) is 0 Å². The normalized spacial score (nSPS) is 16.9. The number of ether oxygens (including phenoxy) is 1. The number of benzene rings is 1. The molecule has 1 saturated heterocycles. The van der Waals surface area contributed by atoms with Gasteiger partial charge in [0, 0.05) is 18.6 Å². The Morgan fingerprint density at radius 3 is 2.07 bits per heavy atom. The number of hydrogen-bond acceptors (Lipinski definition) is 3. The fourth-order valence-corrected chi connectivity index (χ4v) is 4.53. The molecule has 0 amide bonds. The molecule has 0 radical (unpaired) electrons. The van der Waals surface area contributed by atoms with Crippen LogP contribution in [-0.4, -0.2) is 36.9 Å². The molecule has 4 heteroatoms. The predicted octanol–water partition coefficient (Wildman–Crippen LogP) is 6.56. The van der Waals surface area contributed by atoms with E-state index < -0.39 is 0 Å². The van der Waals surface area contributed by atoms with Crippen LogP contribution in [0.4, 0.5) is 0 Å². The molecule has 29 heavy (non-hydrogen) atoms. The molecule has 0 bridgehead atoms. The first-order chi connectivity index (χ1) is 13.8. The van der Waals surface area contributed by atoms with Crippen molar-refractivity contribution in [3.05, 3.63) is 35.9 Å². The summed E-state index contributed by atoms with van der Waals surface area (Å²) in [4.78, 5) is 0. The van der Waals surface area contributed by atoms with Crippen molar-refractivity contribution >= 4 is 12.4 Å². The van der Waals surface area contributed by atoms with Crippen molar-refractivity contribution in [1.82, 2.24) is 10.4 Å². The SMILES string of the molecule is CCCCCCCCCCC(CCC)(Cc1ccccc1)NN1CCOCC1.Cl. The number of unbranched alkanes of at least 4 members (excludes halogenated alkanes) is 7. The van der Waals surface area contributed by atoms with E-state index in [0.717, 1.165) is 32.7 Å². The van der Waals surface area contributed by atoms with E-state index in [1.54, 1.807) is 0 Å². The summed E-state index contributed by atoms with van der Waals surface area (Å²) in [6, 6.07) is 11.1. The van der Waals surface area contributed by atoms with Crippen molar-refractivity contribution in [3.63, 3.8) is 0 Å². The molecule has 0 saturated carbocycles. The lowest BCUT2D eigenvalue weighted by Crippen LogP contribution is -2.58. The third-order valence-electron chi connectivity index (χ3n) is 6.03. The molecule has 3 nitrogen and oxygen atoms in total. The van der Waals surface area contributed by atoms with Gasteiger partial charge in [-0.05, 0) is 24.8 Å². The minimum absolute atomic E-state index is 0. The topological polar surface area (TPSA) is 24.5 Å². The lowest BCUT2D eigenvalue weighted by Gasteiger charge is -2.41. The first-order valence-corrected chi connectivity index (χ1v) is 11.9. The standard InChI is InChI=1S/C25H44N2O.ClH/c1-3-5-6-7-8-9-10-14-18-25(17-4-2,23-24-15-12-11-13-16-24)26-27-19-21-28-22-20-27;/h11-13,15-16,26H,3-10,14,17-23H2,1-2H3;1H. The lowest BCUT2D eigenvalue weighted by atomic mass is 9.82. The molecule has 1 aliphatic rings. The number of nitrogens with zero attached hydrogens (tertiary/aromatic N) is 1. The average Bonchev–Trinajstić information content (AvgIpc) is 2.72. The molecule has 1 atom stereocenters. The predicted molar refractivity (Wildman–Crippen MR) is 128 cm³/mol. The second-order valence-corrected chi connectivity index (χ2v) is 8.63. The Kier molecular flexibility index (Phi) is 14.7. The second-order valence-electron chi connectivity index (χ2n) is 8.63. The van der Waals surface area contributed by atoms with E-state index in [9.17, 15) is 0 Å². The number of halogens is 1. The van der Waals surface area contributed by atoms with Gasteiger partial charge in [0.25, 0.3) is 0 Å². The highest BCUT2D eigenvalue weighted by molar-refractivity contribution is 5.85. The molecule has 0 aromatic heterocycles. The van der Waals surface area contributed by atoms with E-state index in [4.69, 9.17) is 4.74 Å². The van der Waals surface area contributed by atoms with Crippen molar-refractivity contribution in [2.24, 2.45) is 0 Å². The number of nitrogens with one attached hydrogen (secondary N) is 1. The zero-order valence-electron chi connectivity index (χ0n) is 19.0. The molecular weight excluding hydrogens is 380 g/mol. The number of hydrogen-bond donors (Lipinski definition) is 1. The lowest BCUT2D eigenvalue weighted by molar-refractivity contribution is -0.0171. The largest absolute Gasteiger partial charge is 0.379 e. The summed E-state index contributed by atoms with van der Waals surface area (Å²) in [5.41, 5.74) is 5.62. The molecule has 0 spiro atoms. The molecule has 1 aromatic carbocycles. The van der Waals surface area contributed by atoms with Gasteiger partial charge in [-0.1, -0.05) is 102 Å². The smallest absolute Gasteiger partial charge is 0.0608 e. The molecule has 1 aromatic rings. The van der Waals surface area contributed by atoms with E-state index >= 15 is 0 Å². The summed E-state index contributed by atoms with van der Waals surface area (Å²) in [5.74, 6) is 0. The first kappa shape index (κ1) is 26.4. The van der Waals surface area contributed by atoms with Crippen LogP contribution in [0.3, 0.4) is 0 Å². The molecule has 168 valence electrons. The molecule has 1 fully saturated rings. The highest BCUT2D eigenvalue weighted by Gasteiger charge is 2.31. The zero-order valence-corrected chi connectivity index (χ0v) is 19.8. The summed E-state index contributed by atoms with van der Waals surface area (Å²) >= 11 is 0. The molecule has 1 unspecified atom stereocenters. The van der Waals surface area contributed by atoms with Crippen LogP contribution in [-0.2, 0) is 11.2 Å². The van der Waals surface area contributed by atoms with Gasteiger partial charge in [0.1, 0.15) is 0 Å². The molecule has 1 aliphatic heterocycles. The molecule has 2 rings (SSSR count). The quantitative estimate of drug-likeness (QED) is 0.323. The van der Waals surface area contributed by atoms with Crippen molar-refractivity contribution in [1.29, 1.82) is 0 Å². The van der Waals surface area contributed by atoms with Gasteiger partial charge >= 0.3 is 0 Å². The highest BCUT2D eigenvalue weighted by atomic mass is 35.5. The minimum Gasteiger partial charge on any atom is -0.379 e. The van der Waals surface area contributed by atoms with Crippen LogP contribution in [0.25, 0.3) is 0 Å². The summed E-state index contributed by atoms with van der Waals surface area (Å²) in [6.07, 6.45) is 15.9. The highest BCUT2D eigenvalue weighted by Crippen LogP contribution is 2.27. The van der Waals surface area contributed by atoms with Crippen LogP contribution in [0, 0.1) is 0 Å². The summed E-state index contributed by atoms with van der Waals surface area (Å²) < 4.78 is 5.56. The van der Waals surface area contributed by atoms with Crippen LogP contribution in [0.1, 0.15) is 90.0 Å². The third-order valence-corrected chi connectivity index (χ3v) is 6.03. The Balaban J connectivity index is 0.00000420. The Bertz CT molecular complexity index is 493. The van der Waals surface area contributed by atoms with Crippen molar-refractivity contribution in [2.75, 3.05) is 26.3 Å².